The lowest BCUT2D eigenvalue weighted by atomic mass is 10.0. The molecule has 0 spiro atoms. The van der Waals surface area contributed by atoms with Crippen LogP contribution in [0.25, 0.3) is 17.3 Å². The van der Waals surface area contributed by atoms with Crippen molar-refractivity contribution in [3.05, 3.63) is 83.4 Å². The van der Waals surface area contributed by atoms with Gasteiger partial charge >= 0.3 is 0 Å². The molecule has 1 aliphatic heterocycles. The fraction of sp³-hybridized carbons (Fsp3) is 0.190. The van der Waals surface area contributed by atoms with E-state index in [9.17, 15) is 4.39 Å². The molecule has 0 amide bonds. The molecule has 1 aromatic heterocycles. The van der Waals surface area contributed by atoms with Crippen LogP contribution in [0.4, 0.5) is 4.39 Å². The van der Waals surface area contributed by atoms with E-state index in [-0.39, 0.29) is 5.82 Å². The molecule has 4 heteroatoms. The molecule has 0 saturated carbocycles. The molecule has 0 fully saturated rings. The van der Waals surface area contributed by atoms with E-state index in [0.717, 1.165) is 48.6 Å². The first-order chi connectivity index (χ1) is 12.3. The van der Waals surface area contributed by atoms with Crippen molar-refractivity contribution in [1.29, 1.82) is 0 Å². The molecule has 2 heterocycles. The molecule has 2 aromatic carbocycles. The highest BCUT2D eigenvalue weighted by Crippen LogP contribution is 2.30. The second-order valence-corrected chi connectivity index (χ2v) is 6.24. The van der Waals surface area contributed by atoms with Gasteiger partial charge in [0.2, 0.25) is 0 Å². The molecular formula is C21H19FN2O. The predicted octanol–water partition coefficient (Wildman–Crippen LogP) is 4.55. The lowest BCUT2D eigenvalue weighted by Gasteiger charge is -2.24. The Labute approximate surface area is 146 Å². The fourth-order valence-electron chi connectivity index (χ4n) is 3.19. The summed E-state index contributed by atoms with van der Waals surface area (Å²) in [5, 5.41) is 4.19. The van der Waals surface area contributed by atoms with E-state index >= 15 is 0 Å². The first kappa shape index (κ1) is 15.8. The van der Waals surface area contributed by atoms with Crippen LogP contribution in [0.2, 0.25) is 0 Å². The van der Waals surface area contributed by atoms with Gasteiger partial charge in [-0.2, -0.15) is 0 Å². The molecule has 0 saturated heterocycles. The third-order valence-electron chi connectivity index (χ3n) is 4.48. The molecule has 0 unspecified atom stereocenters. The maximum Gasteiger partial charge on any atom is 0.143 e. The molecular weight excluding hydrogens is 315 g/mol. The molecule has 3 nitrogen and oxygen atoms in total. The van der Waals surface area contributed by atoms with Gasteiger partial charge < -0.3 is 4.52 Å². The third-order valence-corrected chi connectivity index (χ3v) is 4.48. The topological polar surface area (TPSA) is 29.3 Å². The van der Waals surface area contributed by atoms with Gasteiger partial charge in [-0.3, -0.25) is 4.90 Å². The Bertz CT molecular complexity index is 886. The quantitative estimate of drug-likeness (QED) is 0.701. The Balaban J connectivity index is 1.49. The van der Waals surface area contributed by atoms with Crippen LogP contribution in [0.5, 0.6) is 0 Å². The molecule has 0 atom stereocenters. The monoisotopic (exact) mass is 334 g/mol. The zero-order valence-corrected chi connectivity index (χ0v) is 13.9. The summed E-state index contributed by atoms with van der Waals surface area (Å²) in [7, 11) is 0. The van der Waals surface area contributed by atoms with E-state index in [1.54, 1.807) is 6.07 Å². The largest absolute Gasteiger partial charge is 0.360 e. The smallest absolute Gasteiger partial charge is 0.143 e. The Kier molecular flexibility index (Phi) is 4.44. The third kappa shape index (κ3) is 3.54. The summed E-state index contributed by atoms with van der Waals surface area (Å²) in [5.74, 6) is 0.662. The summed E-state index contributed by atoms with van der Waals surface area (Å²) >= 11 is 0. The average Bonchev–Trinajstić information content (AvgIpc) is 3.06. The van der Waals surface area contributed by atoms with Crippen LogP contribution in [-0.2, 0) is 13.0 Å². The van der Waals surface area contributed by atoms with Gasteiger partial charge in [0.15, 0.2) is 0 Å². The van der Waals surface area contributed by atoms with Crippen molar-refractivity contribution in [2.24, 2.45) is 0 Å². The van der Waals surface area contributed by atoms with Crippen LogP contribution < -0.4 is 0 Å². The van der Waals surface area contributed by atoms with Gasteiger partial charge in [0.05, 0.1) is 0 Å². The number of fused-ring (bicyclic) bond motifs is 1. The van der Waals surface area contributed by atoms with E-state index in [2.05, 4.69) is 34.3 Å². The molecule has 0 N–H and O–H groups in total. The van der Waals surface area contributed by atoms with Gasteiger partial charge in [-0.25, -0.2) is 4.39 Å². The van der Waals surface area contributed by atoms with Crippen LogP contribution in [-0.4, -0.2) is 23.1 Å². The first-order valence-corrected chi connectivity index (χ1v) is 8.47. The summed E-state index contributed by atoms with van der Waals surface area (Å²) in [5.41, 5.74) is 3.80. The van der Waals surface area contributed by atoms with Crippen LogP contribution in [0.3, 0.4) is 0 Å². The zero-order chi connectivity index (χ0) is 17.1. The minimum atomic E-state index is -0.257. The summed E-state index contributed by atoms with van der Waals surface area (Å²) in [4.78, 5) is 2.35. The molecule has 0 bridgehead atoms. The van der Waals surface area contributed by atoms with Crippen molar-refractivity contribution >= 4 is 6.08 Å². The number of nitrogens with zero attached hydrogens (tertiary/aromatic N) is 2. The molecule has 0 radical (unpaired) electrons. The van der Waals surface area contributed by atoms with Crippen molar-refractivity contribution in [2.45, 2.75) is 13.0 Å². The summed E-state index contributed by atoms with van der Waals surface area (Å²) in [6, 6.07) is 16.8. The molecule has 0 aliphatic carbocycles. The highest BCUT2D eigenvalue weighted by molar-refractivity contribution is 5.63. The van der Waals surface area contributed by atoms with Crippen LogP contribution in [0, 0.1) is 5.82 Å². The Hall–Kier alpha value is -2.72. The van der Waals surface area contributed by atoms with E-state index in [1.165, 1.54) is 17.7 Å². The second-order valence-electron chi connectivity index (χ2n) is 6.24. The van der Waals surface area contributed by atoms with Gasteiger partial charge in [-0.1, -0.05) is 59.8 Å². The summed E-state index contributed by atoms with van der Waals surface area (Å²) < 4.78 is 19.0. The van der Waals surface area contributed by atoms with Gasteiger partial charge in [0, 0.05) is 37.2 Å². The van der Waals surface area contributed by atoms with Crippen molar-refractivity contribution in [2.75, 3.05) is 13.1 Å². The first-order valence-electron chi connectivity index (χ1n) is 8.47. The van der Waals surface area contributed by atoms with Crippen LogP contribution >= 0.6 is 0 Å². The number of aromatic nitrogens is 1. The van der Waals surface area contributed by atoms with E-state index < -0.39 is 0 Å². The number of halogens is 1. The van der Waals surface area contributed by atoms with Gasteiger partial charge in [0.25, 0.3) is 0 Å². The Morgan fingerprint density at radius 3 is 2.84 bits per heavy atom. The normalized spacial score (nSPS) is 14.8. The lowest BCUT2D eigenvalue weighted by Crippen LogP contribution is -2.30. The van der Waals surface area contributed by atoms with E-state index in [1.807, 2.05) is 24.3 Å². The molecule has 1 aliphatic rings. The SMILES string of the molecule is Fc1cccc(-c2noc3c2CN(CC=Cc2ccccc2)CC3)c1. The minimum Gasteiger partial charge on any atom is -0.360 e. The van der Waals surface area contributed by atoms with Crippen LogP contribution in [0.1, 0.15) is 16.9 Å². The predicted molar refractivity (Wildman–Crippen MR) is 96.4 cm³/mol. The van der Waals surface area contributed by atoms with E-state index in [4.69, 9.17) is 4.52 Å². The maximum atomic E-state index is 13.5. The minimum absolute atomic E-state index is 0.257. The molecule has 4 rings (SSSR count). The zero-order valence-electron chi connectivity index (χ0n) is 13.9. The summed E-state index contributed by atoms with van der Waals surface area (Å²) in [6.07, 6.45) is 5.14. The fourth-order valence-corrected chi connectivity index (χ4v) is 3.19. The standard InChI is InChI=1S/C21H19FN2O/c22-18-10-4-9-17(14-18)21-19-15-24(13-11-20(19)25-23-21)12-5-8-16-6-2-1-3-7-16/h1-10,14H,11-13,15H2. The highest BCUT2D eigenvalue weighted by Gasteiger charge is 2.24. The Morgan fingerprint density at radius 2 is 2.00 bits per heavy atom. The van der Waals surface area contributed by atoms with E-state index in [0.29, 0.717) is 0 Å². The number of benzene rings is 2. The van der Waals surface area contributed by atoms with Crippen molar-refractivity contribution in [3.63, 3.8) is 0 Å². The van der Waals surface area contributed by atoms with Gasteiger partial charge in [0.1, 0.15) is 17.3 Å². The molecule has 25 heavy (non-hydrogen) atoms. The highest BCUT2D eigenvalue weighted by atomic mass is 19.1. The molecule has 126 valence electrons. The number of hydrogen-bond donors (Lipinski definition) is 0. The number of hydrogen-bond acceptors (Lipinski definition) is 3. The summed E-state index contributed by atoms with van der Waals surface area (Å²) in [6.45, 7) is 2.57. The van der Waals surface area contributed by atoms with Gasteiger partial charge in [-0.15, -0.1) is 0 Å². The Morgan fingerprint density at radius 1 is 1.12 bits per heavy atom. The number of rotatable bonds is 4. The molecule has 3 aromatic rings. The van der Waals surface area contributed by atoms with Crippen molar-refractivity contribution in [3.8, 4) is 11.3 Å². The maximum absolute atomic E-state index is 13.5. The van der Waals surface area contributed by atoms with Crippen LogP contribution in [0.15, 0.2) is 65.2 Å². The van der Waals surface area contributed by atoms with Crippen molar-refractivity contribution in [1.82, 2.24) is 10.1 Å². The van der Waals surface area contributed by atoms with Gasteiger partial charge in [-0.05, 0) is 17.7 Å². The van der Waals surface area contributed by atoms with Crippen molar-refractivity contribution < 1.29 is 8.91 Å². The lowest BCUT2D eigenvalue weighted by molar-refractivity contribution is 0.258. The average molecular weight is 334 g/mol. The second kappa shape index (κ2) is 7.03.